The van der Waals surface area contributed by atoms with Gasteiger partial charge in [-0.1, -0.05) is 6.92 Å². The number of anilines is 1. The van der Waals surface area contributed by atoms with Crippen molar-refractivity contribution in [3.8, 4) is 5.82 Å². The highest BCUT2D eigenvalue weighted by Gasteiger charge is 2.28. The number of hydrogen-bond donors (Lipinski definition) is 1. The fourth-order valence-electron chi connectivity index (χ4n) is 3.49. The van der Waals surface area contributed by atoms with E-state index in [0.717, 1.165) is 12.8 Å². The number of rotatable bonds is 5. The normalized spacial score (nSPS) is 17.4. The standard InChI is InChI=1S/C21H22FN5O3S/c1-15-3-2-10-27(12-15)31(29,30)18-8-9-20(23-11-18)26-13-19(24-14-26)21(28)25-17-6-4-16(22)5-7-17/h4-9,11,13-15H,2-3,10,12H2,1H3,(H,25,28). The molecule has 1 unspecified atom stereocenters. The predicted octanol–water partition coefficient (Wildman–Crippen LogP) is 3.08. The number of aromatic nitrogens is 3. The van der Waals surface area contributed by atoms with E-state index in [2.05, 4.69) is 15.3 Å². The molecule has 3 aromatic rings. The number of nitrogens with zero attached hydrogens (tertiary/aromatic N) is 4. The minimum atomic E-state index is -3.58. The summed E-state index contributed by atoms with van der Waals surface area (Å²) in [6.45, 7) is 3.08. The van der Waals surface area contributed by atoms with Crippen molar-refractivity contribution >= 4 is 21.6 Å². The van der Waals surface area contributed by atoms with E-state index in [1.54, 1.807) is 6.07 Å². The zero-order chi connectivity index (χ0) is 22.0. The zero-order valence-electron chi connectivity index (χ0n) is 16.9. The van der Waals surface area contributed by atoms with Crippen LogP contribution >= 0.6 is 0 Å². The van der Waals surface area contributed by atoms with Crippen LogP contribution in [0.25, 0.3) is 5.82 Å². The lowest BCUT2D eigenvalue weighted by Gasteiger charge is -2.29. The van der Waals surface area contributed by atoms with Crippen LogP contribution in [-0.2, 0) is 10.0 Å². The van der Waals surface area contributed by atoms with Gasteiger partial charge in [0.2, 0.25) is 10.0 Å². The number of halogens is 1. The second kappa shape index (κ2) is 8.56. The Morgan fingerprint density at radius 2 is 1.94 bits per heavy atom. The molecule has 1 saturated heterocycles. The number of imidazole rings is 1. The summed E-state index contributed by atoms with van der Waals surface area (Å²) in [7, 11) is -3.58. The summed E-state index contributed by atoms with van der Waals surface area (Å²) < 4.78 is 41.7. The molecule has 4 rings (SSSR count). The van der Waals surface area contributed by atoms with Crippen molar-refractivity contribution in [2.75, 3.05) is 18.4 Å². The summed E-state index contributed by atoms with van der Waals surface area (Å²) in [5, 5.41) is 2.63. The van der Waals surface area contributed by atoms with Crippen molar-refractivity contribution < 1.29 is 17.6 Å². The van der Waals surface area contributed by atoms with Crippen LogP contribution in [0.1, 0.15) is 30.3 Å². The van der Waals surface area contributed by atoms with E-state index in [1.807, 2.05) is 6.92 Å². The van der Waals surface area contributed by atoms with Crippen molar-refractivity contribution in [1.82, 2.24) is 18.8 Å². The largest absolute Gasteiger partial charge is 0.321 e. The Balaban J connectivity index is 1.48. The van der Waals surface area contributed by atoms with Crippen LogP contribution < -0.4 is 5.32 Å². The summed E-state index contributed by atoms with van der Waals surface area (Å²) in [5.41, 5.74) is 0.589. The Labute approximate surface area is 179 Å². The van der Waals surface area contributed by atoms with Crippen LogP contribution in [0.5, 0.6) is 0 Å². The van der Waals surface area contributed by atoms with Gasteiger partial charge in [0.25, 0.3) is 5.91 Å². The summed E-state index contributed by atoms with van der Waals surface area (Å²) in [6.07, 6.45) is 6.11. The molecule has 1 N–H and O–H groups in total. The molecule has 0 bridgehead atoms. The Hall–Kier alpha value is -3.11. The van der Waals surface area contributed by atoms with Gasteiger partial charge < -0.3 is 5.32 Å². The van der Waals surface area contributed by atoms with Crippen LogP contribution in [0, 0.1) is 11.7 Å². The molecule has 8 nitrogen and oxygen atoms in total. The lowest BCUT2D eigenvalue weighted by Crippen LogP contribution is -2.39. The highest BCUT2D eigenvalue weighted by molar-refractivity contribution is 7.89. The molecule has 3 heterocycles. The Kier molecular flexibility index (Phi) is 5.84. The van der Waals surface area contributed by atoms with Crippen molar-refractivity contribution in [2.24, 2.45) is 5.92 Å². The number of sulfonamides is 1. The number of piperidine rings is 1. The molecule has 0 aliphatic carbocycles. The predicted molar refractivity (Wildman–Crippen MR) is 113 cm³/mol. The summed E-state index contributed by atoms with van der Waals surface area (Å²) >= 11 is 0. The van der Waals surface area contributed by atoms with Gasteiger partial charge in [-0.05, 0) is 55.2 Å². The molecule has 2 aromatic heterocycles. The number of pyridine rings is 1. The van der Waals surface area contributed by atoms with Crippen molar-refractivity contribution in [1.29, 1.82) is 0 Å². The first-order valence-electron chi connectivity index (χ1n) is 9.90. The molecule has 1 aliphatic rings. The van der Waals surface area contributed by atoms with E-state index in [4.69, 9.17) is 0 Å². The van der Waals surface area contributed by atoms with E-state index in [1.165, 1.54) is 57.9 Å². The highest BCUT2D eigenvalue weighted by atomic mass is 32.2. The van der Waals surface area contributed by atoms with E-state index in [0.29, 0.717) is 30.5 Å². The third-order valence-corrected chi connectivity index (χ3v) is 7.01. The molecule has 31 heavy (non-hydrogen) atoms. The fourth-order valence-corrected chi connectivity index (χ4v) is 5.03. The molecular formula is C21H22FN5O3S. The lowest BCUT2D eigenvalue weighted by molar-refractivity contribution is 0.102. The van der Waals surface area contributed by atoms with Crippen LogP contribution in [0.4, 0.5) is 10.1 Å². The van der Waals surface area contributed by atoms with Crippen molar-refractivity contribution in [3.63, 3.8) is 0 Å². The van der Waals surface area contributed by atoms with Gasteiger partial charge in [0.1, 0.15) is 28.6 Å². The van der Waals surface area contributed by atoms with Gasteiger partial charge in [0.05, 0.1) is 0 Å². The van der Waals surface area contributed by atoms with Gasteiger partial charge >= 0.3 is 0 Å². The van der Waals surface area contributed by atoms with Crippen LogP contribution in [0.15, 0.2) is 60.0 Å². The van der Waals surface area contributed by atoms with Gasteiger partial charge in [-0.3, -0.25) is 9.36 Å². The minimum absolute atomic E-state index is 0.139. The van der Waals surface area contributed by atoms with E-state index in [9.17, 15) is 17.6 Å². The third kappa shape index (κ3) is 4.64. The van der Waals surface area contributed by atoms with Crippen molar-refractivity contribution in [2.45, 2.75) is 24.7 Å². The number of carbonyl (C=O) groups is 1. The van der Waals surface area contributed by atoms with Crippen LogP contribution in [0.3, 0.4) is 0 Å². The van der Waals surface area contributed by atoms with Gasteiger partial charge in [-0.15, -0.1) is 0 Å². The van der Waals surface area contributed by atoms with Crippen LogP contribution in [-0.4, -0.2) is 46.3 Å². The maximum Gasteiger partial charge on any atom is 0.275 e. The minimum Gasteiger partial charge on any atom is -0.321 e. The molecule has 1 atom stereocenters. The van der Waals surface area contributed by atoms with Gasteiger partial charge in [-0.2, -0.15) is 4.31 Å². The Morgan fingerprint density at radius 3 is 2.61 bits per heavy atom. The monoisotopic (exact) mass is 443 g/mol. The molecule has 0 radical (unpaired) electrons. The molecule has 0 spiro atoms. The molecule has 1 aromatic carbocycles. The molecule has 10 heteroatoms. The zero-order valence-corrected chi connectivity index (χ0v) is 17.7. The number of hydrogen-bond acceptors (Lipinski definition) is 5. The quantitative estimate of drug-likeness (QED) is 0.654. The van der Waals surface area contributed by atoms with Gasteiger partial charge in [0.15, 0.2) is 0 Å². The molecular weight excluding hydrogens is 421 g/mol. The fraction of sp³-hybridized carbons (Fsp3) is 0.286. The average molecular weight is 444 g/mol. The second-order valence-electron chi connectivity index (χ2n) is 7.59. The maximum absolute atomic E-state index is 13.0. The summed E-state index contributed by atoms with van der Waals surface area (Å²) in [4.78, 5) is 20.8. The first-order chi connectivity index (χ1) is 14.8. The third-order valence-electron chi connectivity index (χ3n) is 5.16. The average Bonchev–Trinajstić information content (AvgIpc) is 3.26. The molecule has 0 saturated carbocycles. The molecule has 1 amide bonds. The molecule has 1 fully saturated rings. The number of benzene rings is 1. The lowest BCUT2D eigenvalue weighted by atomic mass is 10.0. The first-order valence-corrected chi connectivity index (χ1v) is 11.3. The number of amides is 1. The van der Waals surface area contributed by atoms with E-state index < -0.39 is 21.7 Å². The highest BCUT2D eigenvalue weighted by Crippen LogP contribution is 2.23. The van der Waals surface area contributed by atoms with Crippen molar-refractivity contribution in [3.05, 3.63) is 66.6 Å². The Bertz CT molecular complexity index is 1180. The van der Waals surface area contributed by atoms with Gasteiger partial charge in [0, 0.05) is 31.2 Å². The molecule has 1 aliphatic heterocycles. The Morgan fingerprint density at radius 1 is 1.16 bits per heavy atom. The smallest absolute Gasteiger partial charge is 0.275 e. The topological polar surface area (TPSA) is 97.2 Å². The van der Waals surface area contributed by atoms with Gasteiger partial charge in [-0.25, -0.2) is 22.8 Å². The molecule has 162 valence electrons. The van der Waals surface area contributed by atoms with E-state index in [-0.39, 0.29) is 10.6 Å². The maximum atomic E-state index is 13.0. The number of nitrogens with one attached hydrogen (secondary N) is 1. The summed E-state index contributed by atoms with van der Waals surface area (Å²) in [6, 6.07) is 8.48. The first kappa shape index (κ1) is 21.1. The van der Waals surface area contributed by atoms with Crippen LogP contribution in [0.2, 0.25) is 0 Å². The SMILES string of the molecule is CC1CCCN(S(=O)(=O)c2ccc(-n3cnc(C(=O)Nc4ccc(F)cc4)c3)nc2)C1. The van der Waals surface area contributed by atoms with E-state index >= 15 is 0 Å². The summed E-state index contributed by atoms with van der Waals surface area (Å²) in [5.74, 6) is -0.0853. The number of carbonyl (C=O) groups excluding carboxylic acids is 1. The second-order valence-corrected chi connectivity index (χ2v) is 9.53.